The fourth-order valence-corrected chi connectivity index (χ4v) is 2.38. The first-order chi connectivity index (χ1) is 11.8. The van der Waals surface area contributed by atoms with Gasteiger partial charge in [0.05, 0.1) is 12.9 Å². The van der Waals surface area contributed by atoms with Crippen LogP contribution in [0.3, 0.4) is 0 Å². The molecule has 0 spiro atoms. The van der Waals surface area contributed by atoms with E-state index in [1.54, 1.807) is 13.8 Å². The van der Waals surface area contributed by atoms with Gasteiger partial charge in [-0.15, -0.1) is 0 Å². The minimum Gasteiger partial charge on any atom is -0.394 e. The Balaban J connectivity index is 2.03. The summed E-state index contributed by atoms with van der Waals surface area (Å²) < 4.78 is 20.1. The molecule has 1 saturated heterocycles. The molecular formula is C14H16FN5O5. The third kappa shape index (κ3) is 2.91. The number of aliphatic hydroxyl groups excluding tert-OH is 1. The third-order valence-electron chi connectivity index (χ3n) is 3.78. The van der Waals surface area contributed by atoms with Gasteiger partial charge in [0.1, 0.15) is 6.10 Å². The van der Waals surface area contributed by atoms with Crippen molar-refractivity contribution in [2.75, 3.05) is 11.9 Å². The molecule has 3 atom stereocenters. The summed E-state index contributed by atoms with van der Waals surface area (Å²) in [6.07, 6.45) is -3.57. The van der Waals surface area contributed by atoms with Gasteiger partial charge in [-0.2, -0.15) is 4.98 Å². The van der Waals surface area contributed by atoms with E-state index in [0.717, 1.165) is 10.9 Å². The first-order valence-electron chi connectivity index (χ1n) is 7.55. The zero-order chi connectivity index (χ0) is 18.3. The predicted molar refractivity (Wildman–Crippen MR) is 82.5 cm³/mol. The summed E-state index contributed by atoms with van der Waals surface area (Å²) in [5.74, 6) is -1.75. The standard InChI is InChI=1S/C14H16FN5O5/c1-5(2)11(23)18-14-17-10-8(12(24)19-14)16-4-20(10)13-9(22)7(15)6(3-21)25-13/h4-7,13,21H,3H2,1-2H3,(H2,17,18,19,23,24)/t6-,7?,13-/m1/s1. The van der Waals surface area contributed by atoms with E-state index >= 15 is 0 Å². The normalized spacial score (nSPS) is 23.6. The SMILES string of the molecule is CC(C)C(=O)Nc1nc2c(ncn2[C@@H]2O[C@H](CO)C(F)C2=O)c(=O)[nH]1. The average Bonchev–Trinajstić information content (AvgIpc) is 3.10. The fraction of sp³-hybridized carbons (Fsp3) is 0.500. The Morgan fingerprint density at radius 1 is 1.52 bits per heavy atom. The molecule has 1 unspecified atom stereocenters. The van der Waals surface area contributed by atoms with E-state index in [1.165, 1.54) is 0 Å². The van der Waals surface area contributed by atoms with Crippen molar-refractivity contribution in [3.63, 3.8) is 0 Å². The van der Waals surface area contributed by atoms with Crippen LogP contribution in [0.5, 0.6) is 0 Å². The number of carbonyl (C=O) groups is 2. The smallest absolute Gasteiger partial charge is 0.280 e. The number of aliphatic hydroxyl groups is 1. The number of rotatable bonds is 4. The molecule has 2 aromatic heterocycles. The molecule has 0 saturated carbocycles. The molecule has 3 rings (SSSR count). The predicted octanol–water partition coefficient (Wildman–Crippen LogP) is -0.489. The number of aromatic amines is 1. The Labute approximate surface area is 140 Å². The summed E-state index contributed by atoms with van der Waals surface area (Å²) in [4.78, 5) is 46.1. The lowest BCUT2D eigenvalue weighted by atomic mass is 10.2. The maximum atomic E-state index is 13.8. The molecule has 3 heterocycles. The number of nitrogens with zero attached hydrogens (tertiary/aromatic N) is 3. The topological polar surface area (TPSA) is 139 Å². The molecule has 1 amide bonds. The van der Waals surface area contributed by atoms with Crippen LogP contribution in [0.4, 0.5) is 10.3 Å². The van der Waals surface area contributed by atoms with Crippen LogP contribution in [0.1, 0.15) is 20.1 Å². The fourth-order valence-electron chi connectivity index (χ4n) is 2.38. The van der Waals surface area contributed by atoms with Crippen molar-refractivity contribution in [2.24, 2.45) is 5.92 Å². The van der Waals surface area contributed by atoms with E-state index in [9.17, 15) is 18.8 Å². The Morgan fingerprint density at radius 3 is 2.84 bits per heavy atom. The molecule has 25 heavy (non-hydrogen) atoms. The maximum Gasteiger partial charge on any atom is 0.280 e. The molecule has 1 aliphatic heterocycles. The third-order valence-corrected chi connectivity index (χ3v) is 3.78. The van der Waals surface area contributed by atoms with E-state index in [4.69, 9.17) is 9.84 Å². The van der Waals surface area contributed by atoms with Crippen LogP contribution in [-0.2, 0) is 14.3 Å². The van der Waals surface area contributed by atoms with E-state index < -0.39 is 36.5 Å². The number of carbonyl (C=O) groups excluding carboxylic acids is 2. The van der Waals surface area contributed by atoms with Crippen LogP contribution in [0.25, 0.3) is 11.2 Å². The Bertz CT molecular complexity index is 891. The molecule has 10 nitrogen and oxygen atoms in total. The second kappa shape index (κ2) is 6.33. The number of aromatic nitrogens is 4. The first kappa shape index (κ1) is 17.2. The van der Waals surface area contributed by atoms with Crippen LogP contribution >= 0.6 is 0 Å². The van der Waals surface area contributed by atoms with Gasteiger partial charge in [-0.3, -0.25) is 29.3 Å². The van der Waals surface area contributed by atoms with Gasteiger partial charge in [0.2, 0.25) is 17.6 Å². The summed E-state index contributed by atoms with van der Waals surface area (Å²) in [6.45, 7) is 2.66. The van der Waals surface area contributed by atoms with Crippen molar-refractivity contribution in [3.8, 4) is 0 Å². The largest absolute Gasteiger partial charge is 0.394 e. The molecular weight excluding hydrogens is 337 g/mol. The number of imidazole rings is 1. The molecule has 11 heteroatoms. The average molecular weight is 353 g/mol. The minimum atomic E-state index is -1.99. The summed E-state index contributed by atoms with van der Waals surface area (Å²) >= 11 is 0. The van der Waals surface area contributed by atoms with Crippen LogP contribution < -0.4 is 10.9 Å². The first-order valence-corrected chi connectivity index (χ1v) is 7.55. The number of H-pyrrole nitrogens is 1. The number of hydrogen-bond donors (Lipinski definition) is 3. The maximum absolute atomic E-state index is 13.8. The molecule has 1 fully saturated rings. The van der Waals surface area contributed by atoms with Gasteiger partial charge in [-0.05, 0) is 0 Å². The number of hydrogen-bond acceptors (Lipinski definition) is 7. The number of Topliss-reactive ketones (excluding diaryl/α,β-unsaturated/α-hetero) is 1. The van der Waals surface area contributed by atoms with Crippen molar-refractivity contribution in [1.29, 1.82) is 0 Å². The zero-order valence-electron chi connectivity index (χ0n) is 13.4. The van der Waals surface area contributed by atoms with Crippen molar-refractivity contribution in [2.45, 2.75) is 32.4 Å². The Hall–Kier alpha value is -2.66. The van der Waals surface area contributed by atoms with Crippen LogP contribution in [0.15, 0.2) is 11.1 Å². The van der Waals surface area contributed by atoms with E-state index in [2.05, 4.69) is 20.3 Å². The lowest BCUT2D eigenvalue weighted by molar-refractivity contribution is -0.128. The highest BCUT2D eigenvalue weighted by molar-refractivity contribution is 5.91. The summed E-state index contributed by atoms with van der Waals surface area (Å²) in [6, 6.07) is 0. The Morgan fingerprint density at radius 2 is 2.24 bits per heavy atom. The molecule has 0 aromatic carbocycles. The highest BCUT2D eigenvalue weighted by Gasteiger charge is 2.45. The van der Waals surface area contributed by atoms with Gasteiger partial charge in [-0.1, -0.05) is 13.8 Å². The van der Waals surface area contributed by atoms with Crippen molar-refractivity contribution in [1.82, 2.24) is 19.5 Å². The molecule has 3 N–H and O–H groups in total. The zero-order valence-corrected chi connectivity index (χ0v) is 13.4. The number of ketones is 1. The highest BCUT2D eigenvalue weighted by atomic mass is 19.1. The van der Waals surface area contributed by atoms with Crippen LogP contribution in [-0.4, -0.2) is 55.2 Å². The molecule has 1 aliphatic rings. The summed E-state index contributed by atoms with van der Waals surface area (Å²) in [7, 11) is 0. The van der Waals surface area contributed by atoms with E-state index in [1.807, 2.05) is 0 Å². The van der Waals surface area contributed by atoms with E-state index in [-0.39, 0.29) is 28.9 Å². The molecule has 2 aromatic rings. The number of fused-ring (bicyclic) bond motifs is 1. The minimum absolute atomic E-state index is 0.0491. The van der Waals surface area contributed by atoms with Crippen molar-refractivity contribution in [3.05, 3.63) is 16.7 Å². The molecule has 0 bridgehead atoms. The second-order valence-corrected chi connectivity index (χ2v) is 5.90. The molecule has 0 aliphatic carbocycles. The number of alkyl halides is 1. The Kier molecular flexibility index (Phi) is 4.35. The number of halogens is 1. The number of anilines is 1. The lowest BCUT2D eigenvalue weighted by Crippen LogP contribution is -2.25. The summed E-state index contributed by atoms with van der Waals surface area (Å²) in [5, 5.41) is 11.5. The van der Waals surface area contributed by atoms with Crippen molar-refractivity contribution >= 4 is 28.8 Å². The van der Waals surface area contributed by atoms with E-state index in [0.29, 0.717) is 0 Å². The van der Waals surface area contributed by atoms with Gasteiger partial charge in [-0.25, -0.2) is 9.37 Å². The molecule has 0 radical (unpaired) electrons. The van der Waals surface area contributed by atoms with Gasteiger partial charge < -0.3 is 9.84 Å². The van der Waals surface area contributed by atoms with Gasteiger partial charge >= 0.3 is 0 Å². The summed E-state index contributed by atoms with van der Waals surface area (Å²) in [5.41, 5.74) is -0.780. The number of amides is 1. The number of nitrogens with one attached hydrogen (secondary N) is 2. The van der Waals surface area contributed by atoms with Crippen LogP contribution in [0, 0.1) is 5.92 Å². The molecule has 134 valence electrons. The quantitative estimate of drug-likeness (QED) is 0.674. The highest BCUT2D eigenvalue weighted by Crippen LogP contribution is 2.29. The van der Waals surface area contributed by atoms with Crippen LogP contribution in [0.2, 0.25) is 0 Å². The van der Waals surface area contributed by atoms with Gasteiger partial charge in [0.25, 0.3) is 5.56 Å². The number of ether oxygens (including phenoxy) is 1. The second-order valence-electron chi connectivity index (χ2n) is 5.90. The van der Waals surface area contributed by atoms with Gasteiger partial charge in [0.15, 0.2) is 23.6 Å². The van der Waals surface area contributed by atoms with Crippen molar-refractivity contribution < 1.29 is 23.8 Å². The monoisotopic (exact) mass is 353 g/mol. The lowest BCUT2D eigenvalue weighted by Gasteiger charge is -2.12. The van der Waals surface area contributed by atoms with Gasteiger partial charge in [0, 0.05) is 5.92 Å².